The zero-order chi connectivity index (χ0) is 10.8. The summed E-state index contributed by atoms with van der Waals surface area (Å²) in [4.78, 5) is 14.4. The van der Waals surface area contributed by atoms with E-state index in [1.54, 1.807) is 13.3 Å². The molecular weight excluding hydrogens is 194 g/mol. The highest BCUT2D eigenvalue weighted by atomic mass is 16.5. The van der Waals surface area contributed by atoms with E-state index < -0.39 is 0 Å². The lowest BCUT2D eigenvalue weighted by atomic mass is 10.1. The van der Waals surface area contributed by atoms with Gasteiger partial charge in [0, 0.05) is 11.6 Å². The van der Waals surface area contributed by atoms with Crippen LogP contribution < -0.4 is 16.0 Å². The van der Waals surface area contributed by atoms with Gasteiger partial charge in [0.25, 0.3) is 5.91 Å². The highest BCUT2D eigenvalue weighted by Gasteiger charge is 2.12. The molecule has 5 heteroatoms. The lowest BCUT2D eigenvalue weighted by Crippen LogP contribution is -2.29. The molecule has 0 unspecified atom stereocenters. The molecule has 2 aromatic rings. The zero-order valence-electron chi connectivity index (χ0n) is 8.20. The Morgan fingerprint density at radius 3 is 3.00 bits per heavy atom. The maximum atomic E-state index is 11.4. The number of amides is 1. The molecule has 0 fully saturated rings. The predicted molar refractivity (Wildman–Crippen MR) is 56.5 cm³/mol. The third-order valence-corrected chi connectivity index (χ3v) is 2.27. The molecule has 78 valence electrons. The number of hydrogen-bond acceptors (Lipinski definition) is 3. The second-order valence-corrected chi connectivity index (χ2v) is 3.06. The van der Waals surface area contributed by atoms with Gasteiger partial charge in [0.1, 0.15) is 5.75 Å². The van der Waals surface area contributed by atoms with Gasteiger partial charge < -0.3 is 9.72 Å². The summed E-state index contributed by atoms with van der Waals surface area (Å²) in [6.45, 7) is 0. The Bertz CT molecular complexity index is 504. The van der Waals surface area contributed by atoms with Crippen molar-refractivity contribution >= 4 is 16.8 Å². The molecule has 5 nitrogen and oxygen atoms in total. The molecule has 0 spiro atoms. The molecule has 0 saturated heterocycles. The van der Waals surface area contributed by atoms with E-state index in [0.29, 0.717) is 11.3 Å². The fourth-order valence-electron chi connectivity index (χ4n) is 1.56. The second-order valence-electron chi connectivity index (χ2n) is 3.06. The topological polar surface area (TPSA) is 80.1 Å². The van der Waals surface area contributed by atoms with Crippen molar-refractivity contribution in [3.8, 4) is 5.75 Å². The number of H-pyrrole nitrogens is 1. The van der Waals surface area contributed by atoms with Gasteiger partial charge in [-0.15, -0.1) is 0 Å². The van der Waals surface area contributed by atoms with Crippen LogP contribution >= 0.6 is 0 Å². The summed E-state index contributed by atoms with van der Waals surface area (Å²) in [6.07, 6.45) is 1.61. The first kappa shape index (κ1) is 9.54. The molecule has 4 N–H and O–H groups in total. The van der Waals surface area contributed by atoms with E-state index in [4.69, 9.17) is 10.6 Å². The van der Waals surface area contributed by atoms with Gasteiger partial charge in [0.2, 0.25) is 0 Å². The number of nitrogen functional groups attached to an aromatic ring is 1. The van der Waals surface area contributed by atoms with Crippen molar-refractivity contribution in [2.45, 2.75) is 0 Å². The normalized spacial score (nSPS) is 10.3. The number of carbonyl (C=O) groups excluding carboxylic acids is 1. The molecular formula is C10H11N3O2. The zero-order valence-corrected chi connectivity index (χ0v) is 8.20. The third-order valence-electron chi connectivity index (χ3n) is 2.27. The molecule has 0 aliphatic rings. The number of aromatic amines is 1. The van der Waals surface area contributed by atoms with Crippen molar-refractivity contribution in [1.29, 1.82) is 0 Å². The lowest BCUT2D eigenvalue weighted by Gasteiger charge is -2.01. The lowest BCUT2D eigenvalue weighted by molar-refractivity contribution is 0.0955. The van der Waals surface area contributed by atoms with Crippen LogP contribution in [0.15, 0.2) is 24.4 Å². The van der Waals surface area contributed by atoms with Gasteiger partial charge in [0.05, 0.1) is 18.2 Å². The Kier molecular flexibility index (Phi) is 2.31. The van der Waals surface area contributed by atoms with Gasteiger partial charge in [-0.2, -0.15) is 0 Å². The van der Waals surface area contributed by atoms with Gasteiger partial charge in [-0.3, -0.25) is 10.2 Å². The van der Waals surface area contributed by atoms with E-state index in [2.05, 4.69) is 10.4 Å². The number of nitrogens with two attached hydrogens (primary N) is 1. The number of carbonyl (C=O) groups is 1. The number of para-hydroxylation sites is 1. The minimum atomic E-state index is -0.325. The Balaban J connectivity index is 2.66. The number of rotatable bonds is 2. The van der Waals surface area contributed by atoms with Crippen LogP contribution in [0.25, 0.3) is 10.9 Å². The molecule has 0 radical (unpaired) electrons. The number of fused-ring (bicyclic) bond motifs is 1. The highest BCUT2D eigenvalue weighted by Crippen LogP contribution is 2.26. The van der Waals surface area contributed by atoms with Crippen molar-refractivity contribution in [3.05, 3.63) is 30.0 Å². The number of nitrogens with one attached hydrogen (secondary N) is 2. The standard InChI is InChI=1S/C10H11N3O2/c1-15-8-4-2-3-6-7(10(14)13-11)5-12-9(6)8/h2-5,12H,11H2,1H3,(H,13,14). The van der Waals surface area contributed by atoms with Crippen LogP contribution in [-0.2, 0) is 0 Å². The Morgan fingerprint density at radius 1 is 1.53 bits per heavy atom. The molecule has 0 aliphatic carbocycles. The molecule has 1 aromatic heterocycles. The monoisotopic (exact) mass is 205 g/mol. The fraction of sp³-hybridized carbons (Fsp3) is 0.100. The molecule has 0 saturated carbocycles. The van der Waals surface area contributed by atoms with E-state index >= 15 is 0 Å². The summed E-state index contributed by atoms with van der Waals surface area (Å²) in [5, 5.41) is 0.789. The number of ether oxygens (including phenoxy) is 1. The average molecular weight is 205 g/mol. The summed E-state index contributed by atoms with van der Waals surface area (Å²) < 4.78 is 5.16. The summed E-state index contributed by atoms with van der Waals surface area (Å²) in [5.74, 6) is 5.45. The average Bonchev–Trinajstić information content (AvgIpc) is 2.71. The number of methoxy groups -OCH3 is 1. The van der Waals surface area contributed by atoms with Crippen LogP contribution in [0.3, 0.4) is 0 Å². The third kappa shape index (κ3) is 1.42. The minimum absolute atomic E-state index is 0.325. The minimum Gasteiger partial charge on any atom is -0.495 e. The molecule has 1 aromatic carbocycles. The first-order chi connectivity index (χ1) is 7.27. The van der Waals surface area contributed by atoms with Gasteiger partial charge in [0.15, 0.2) is 0 Å². The maximum Gasteiger partial charge on any atom is 0.267 e. The van der Waals surface area contributed by atoms with Gasteiger partial charge >= 0.3 is 0 Å². The highest BCUT2D eigenvalue weighted by molar-refractivity contribution is 6.07. The van der Waals surface area contributed by atoms with E-state index in [-0.39, 0.29) is 5.91 Å². The molecule has 0 bridgehead atoms. The van der Waals surface area contributed by atoms with Gasteiger partial charge in [-0.25, -0.2) is 5.84 Å². The number of hydrogen-bond donors (Lipinski definition) is 3. The van der Waals surface area contributed by atoms with E-state index in [1.165, 1.54) is 0 Å². The second kappa shape index (κ2) is 3.62. The maximum absolute atomic E-state index is 11.4. The van der Waals surface area contributed by atoms with Crippen molar-refractivity contribution in [3.63, 3.8) is 0 Å². The van der Waals surface area contributed by atoms with Crippen LogP contribution in [0.2, 0.25) is 0 Å². The van der Waals surface area contributed by atoms with Crippen molar-refractivity contribution in [2.75, 3.05) is 7.11 Å². The van der Waals surface area contributed by atoms with Crippen LogP contribution in [0.1, 0.15) is 10.4 Å². The summed E-state index contributed by atoms with van der Waals surface area (Å²) in [5.41, 5.74) is 3.39. The Hall–Kier alpha value is -2.01. The summed E-state index contributed by atoms with van der Waals surface area (Å²) >= 11 is 0. The first-order valence-corrected chi connectivity index (χ1v) is 4.43. The largest absolute Gasteiger partial charge is 0.495 e. The van der Waals surface area contributed by atoms with Gasteiger partial charge in [-0.05, 0) is 6.07 Å². The Labute approximate surface area is 86.2 Å². The number of hydrazine groups is 1. The van der Waals surface area contributed by atoms with Gasteiger partial charge in [-0.1, -0.05) is 12.1 Å². The van der Waals surface area contributed by atoms with E-state index in [0.717, 1.165) is 10.9 Å². The molecule has 1 heterocycles. The fourth-order valence-corrected chi connectivity index (χ4v) is 1.56. The van der Waals surface area contributed by atoms with E-state index in [9.17, 15) is 4.79 Å². The van der Waals surface area contributed by atoms with Crippen LogP contribution in [0, 0.1) is 0 Å². The smallest absolute Gasteiger partial charge is 0.267 e. The molecule has 0 aliphatic heterocycles. The predicted octanol–water partition coefficient (Wildman–Crippen LogP) is 0.780. The van der Waals surface area contributed by atoms with E-state index in [1.807, 2.05) is 18.2 Å². The molecule has 2 rings (SSSR count). The van der Waals surface area contributed by atoms with Crippen molar-refractivity contribution < 1.29 is 9.53 Å². The SMILES string of the molecule is COc1cccc2c(C(=O)NN)c[nH]c12. The van der Waals surface area contributed by atoms with Crippen molar-refractivity contribution in [2.24, 2.45) is 5.84 Å². The van der Waals surface area contributed by atoms with Crippen LogP contribution in [-0.4, -0.2) is 18.0 Å². The molecule has 15 heavy (non-hydrogen) atoms. The first-order valence-electron chi connectivity index (χ1n) is 4.43. The van der Waals surface area contributed by atoms with Crippen LogP contribution in [0.4, 0.5) is 0 Å². The Morgan fingerprint density at radius 2 is 2.33 bits per heavy atom. The van der Waals surface area contributed by atoms with Crippen molar-refractivity contribution in [1.82, 2.24) is 10.4 Å². The molecule has 1 amide bonds. The quantitative estimate of drug-likeness (QED) is 0.385. The van der Waals surface area contributed by atoms with Crippen LogP contribution in [0.5, 0.6) is 5.75 Å². The number of benzene rings is 1. The number of aromatic nitrogens is 1. The summed E-state index contributed by atoms with van der Waals surface area (Å²) in [7, 11) is 1.58. The molecule has 0 atom stereocenters. The summed E-state index contributed by atoms with van der Waals surface area (Å²) in [6, 6.07) is 5.48.